The molecule has 126 valence electrons. The number of hydrogen-bond donors (Lipinski definition) is 1. The monoisotopic (exact) mass is 357 g/mol. The summed E-state index contributed by atoms with van der Waals surface area (Å²) in [6.45, 7) is 0. The lowest BCUT2D eigenvalue weighted by molar-refractivity contribution is -0.145. The van der Waals surface area contributed by atoms with Crippen molar-refractivity contribution in [2.75, 3.05) is 0 Å². The number of hydrogen-bond acceptors (Lipinski definition) is 3. The second kappa shape index (κ2) is 5.74. The van der Waals surface area contributed by atoms with Crippen molar-refractivity contribution in [2.24, 2.45) is 0 Å². The van der Waals surface area contributed by atoms with Crippen molar-refractivity contribution >= 4 is 17.3 Å². The van der Waals surface area contributed by atoms with Crippen molar-refractivity contribution in [1.29, 1.82) is 0 Å². The fourth-order valence-electron chi connectivity index (χ4n) is 3.25. The molecule has 0 aliphatic heterocycles. The van der Waals surface area contributed by atoms with Crippen molar-refractivity contribution in [3.05, 3.63) is 77.1 Å². The summed E-state index contributed by atoms with van der Waals surface area (Å²) in [6, 6.07) is 14.7. The smallest absolute Gasteiger partial charge is 0.342 e. The van der Waals surface area contributed by atoms with Gasteiger partial charge in [0.05, 0.1) is 5.92 Å². The van der Waals surface area contributed by atoms with Gasteiger partial charge in [-0.15, -0.1) is 11.3 Å². The lowest BCUT2D eigenvalue weighted by Crippen LogP contribution is -2.19. The zero-order valence-corrected chi connectivity index (χ0v) is 13.7. The first-order valence-electron chi connectivity index (χ1n) is 7.70. The van der Waals surface area contributed by atoms with Crippen LogP contribution in [-0.2, 0) is 4.79 Å². The van der Waals surface area contributed by atoms with Crippen molar-refractivity contribution in [3.63, 3.8) is 0 Å². The number of carboxylic acid groups (broad SMARTS) is 1. The van der Waals surface area contributed by atoms with E-state index >= 15 is 4.39 Å². The third kappa shape index (κ3) is 2.53. The van der Waals surface area contributed by atoms with Crippen molar-refractivity contribution in [2.45, 2.75) is 17.5 Å². The second-order valence-corrected chi connectivity index (χ2v) is 7.08. The van der Waals surface area contributed by atoms with Gasteiger partial charge in [0, 0.05) is 22.6 Å². The van der Waals surface area contributed by atoms with Crippen LogP contribution >= 0.6 is 11.3 Å². The Balaban J connectivity index is 1.69. The Labute approximate surface area is 146 Å². The highest BCUT2D eigenvalue weighted by Gasteiger charge is 2.73. The van der Waals surface area contributed by atoms with Crippen LogP contribution in [-0.4, -0.2) is 21.7 Å². The molecule has 25 heavy (non-hydrogen) atoms. The van der Waals surface area contributed by atoms with Gasteiger partial charge >= 0.3 is 5.97 Å². The summed E-state index contributed by atoms with van der Waals surface area (Å²) in [5, 5.41) is 10.0. The lowest BCUT2D eigenvalue weighted by Gasteiger charge is -2.00. The lowest BCUT2D eigenvalue weighted by atomic mass is 10.1. The van der Waals surface area contributed by atoms with E-state index in [-0.39, 0.29) is 5.82 Å². The molecule has 1 aliphatic rings. The highest BCUT2D eigenvalue weighted by Crippen LogP contribution is 2.67. The molecule has 1 heterocycles. The van der Waals surface area contributed by atoms with Gasteiger partial charge in [0.1, 0.15) is 10.8 Å². The summed E-state index contributed by atoms with van der Waals surface area (Å²) in [6.07, 6.45) is 1.52. The molecule has 3 nitrogen and oxygen atoms in total. The largest absolute Gasteiger partial charge is 0.479 e. The Kier molecular flexibility index (Phi) is 3.65. The zero-order chi connectivity index (χ0) is 17.6. The number of benzene rings is 2. The number of nitrogens with zero attached hydrogens (tertiary/aromatic N) is 1. The summed E-state index contributed by atoms with van der Waals surface area (Å²) in [5.41, 5.74) is -0.947. The standard InChI is InChI=1S/C19H13F2NO2S/c20-13-8-6-12(7-9-13)17-22-10-14(25-17)16-15(19(16,21)18(23)24)11-4-2-1-3-5-11/h1-10,15-16H,(H,23,24). The maximum absolute atomic E-state index is 15.1. The van der Waals surface area contributed by atoms with Crippen LogP contribution in [0.3, 0.4) is 0 Å². The van der Waals surface area contributed by atoms with Gasteiger partial charge in [-0.3, -0.25) is 0 Å². The molecule has 1 N–H and O–H groups in total. The number of halogens is 2. The molecule has 1 aliphatic carbocycles. The molecule has 1 fully saturated rings. The number of aliphatic carboxylic acids is 1. The first-order valence-corrected chi connectivity index (χ1v) is 8.52. The van der Waals surface area contributed by atoms with Crippen molar-refractivity contribution in [1.82, 2.24) is 4.98 Å². The zero-order valence-electron chi connectivity index (χ0n) is 12.9. The van der Waals surface area contributed by atoms with E-state index in [0.717, 1.165) is 0 Å². The van der Waals surface area contributed by atoms with E-state index in [1.54, 1.807) is 42.5 Å². The van der Waals surface area contributed by atoms with Gasteiger partial charge in [0.25, 0.3) is 0 Å². The van der Waals surface area contributed by atoms with Gasteiger partial charge in [-0.1, -0.05) is 30.3 Å². The molecule has 0 spiro atoms. The highest BCUT2D eigenvalue weighted by atomic mass is 32.1. The minimum atomic E-state index is -2.33. The first kappa shape index (κ1) is 15.9. The van der Waals surface area contributed by atoms with Crippen LogP contribution in [0, 0.1) is 5.82 Å². The number of carboxylic acids is 1. The summed E-state index contributed by atoms with van der Waals surface area (Å²) in [4.78, 5) is 16.4. The predicted octanol–water partition coefficient (Wildman–Crippen LogP) is 4.62. The Hall–Kier alpha value is -2.60. The van der Waals surface area contributed by atoms with Gasteiger partial charge in [-0.2, -0.15) is 0 Å². The average molecular weight is 357 g/mol. The molecule has 0 saturated heterocycles. The van der Waals surface area contributed by atoms with Gasteiger partial charge in [-0.05, 0) is 29.8 Å². The molecule has 3 unspecified atom stereocenters. The minimum absolute atomic E-state index is 0.347. The predicted molar refractivity (Wildman–Crippen MR) is 90.9 cm³/mol. The van der Waals surface area contributed by atoms with Gasteiger partial charge in [-0.25, -0.2) is 18.6 Å². The minimum Gasteiger partial charge on any atom is -0.479 e. The fourth-order valence-corrected chi connectivity index (χ4v) is 4.37. The van der Waals surface area contributed by atoms with Crippen LogP contribution in [0.2, 0.25) is 0 Å². The molecule has 0 bridgehead atoms. The van der Waals surface area contributed by atoms with E-state index in [2.05, 4.69) is 4.98 Å². The molecular formula is C19H13F2NO2S. The van der Waals surface area contributed by atoms with Crippen LogP contribution < -0.4 is 0 Å². The third-order valence-corrected chi connectivity index (χ3v) is 5.67. The molecule has 3 aromatic rings. The number of aromatic nitrogens is 1. The molecule has 1 saturated carbocycles. The topological polar surface area (TPSA) is 50.2 Å². The maximum atomic E-state index is 15.1. The Morgan fingerprint density at radius 2 is 1.76 bits per heavy atom. The Morgan fingerprint density at radius 3 is 2.40 bits per heavy atom. The van der Waals surface area contributed by atoms with E-state index in [1.807, 2.05) is 0 Å². The van der Waals surface area contributed by atoms with Crippen molar-refractivity contribution < 1.29 is 18.7 Å². The summed E-state index contributed by atoms with van der Waals surface area (Å²) >= 11 is 1.24. The number of alkyl halides is 1. The number of rotatable bonds is 4. The van der Waals surface area contributed by atoms with E-state index in [9.17, 15) is 14.3 Å². The average Bonchev–Trinajstić information content (AvgIpc) is 3.00. The summed E-state index contributed by atoms with van der Waals surface area (Å²) in [5.74, 6) is -3.30. The van der Waals surface area contributed by atoms with E-state index in [0.29, 0.717) is 21.0 Å². The van der Waals surface area contributed by atoms with Crippen LogP contribution in [0.5, 0.6) is 0 Å². The molecule has 1 aromatic heterocycles. The summed E-state index contributed by atoms with van der Waals surface area (Å²) in [7, 11) is 0. The fraction of sp³-hybridized carbons (Fsp3) is 0.158. The van der Waals surface area contributed by atoms with Crippen molar-refractivity contribution in [3.8, 4) is 10.6 Å². The van der Waals surface area contributed by atoms with Crippen LogP contribution in [0.1, 0.15) is 22.3 Å². The van der Waals surface area contributed by atoms with E-state index in [1.165, 1.54) is 29.7 Å². The molecule has 3 atom stereocenters. The van der Waals surface area contributed by atoms with Gasteiger partial charge in [0.15, 0.2) is 0 Å². The quantitative estimate of drug-likeness (QED) is 0.741. The van der Waals surface area contributed by atoms with E-state index in [4.69, 9.17) is 0 Å². The third-order valence-electron chi connectivity index (χ3n) is 4.54. The molecule has 0 amide bonds. The van der Waals surface area contributed by atoms with Gasteiger partial charge < -0.3 is 5.11 Å². The van der Waals surface area contributed by atoms with Crippen LogP contribution in [0.4, 0.5) is 8.78 Å². The molecule has 6 heteroatoms. The summed E-state index contributed by atoms with van der Waals surface area (Å²) < 4.78 is 28.2. The molecule has 2 aromatic carbocycles. The second-order valence-electron chi connectivity index (χ2n) is 6.01. The normalized spacial score (nSPS) is 24.9. The Bertz CT molecular complexity index is 926. The first-order chi connectivity index (χ1) is 12.0. The number of carbonyl (C=O) groups is 1. The maximum Gasteiger partial charge on any atom is 0.342 e. The van der Waals surface area contributed by atoms with Crippen LogP contribution in [0.15, 0.2) is 60.8 Å². The highest BCUT2D eigenvalue weighted by molar-refractivity contribution is 7.15. The van der Waals surface area contributed by atoms with Gasteiger partial charge in [0.2, 0.25) is 5.67 Å². The molecular weight excluding hydrogens is 344 g/mol. The molecule has 4 rings (SSSR count). The van der Waals surface area contributed by atoms with E-state index < -0.39 is 23.5 Å². The Morgan fingerprint density at radius 1 is 1.08 bits per heavy atom. The molecule has 0 radical (unpaired) electrons. The number of thiazole rings is 1. The van der Waals surface area contributed by atoms with Crippen LogP contribution in [0.25, 0.3) is 10.6 Å². The SMILES string of the molecule is O=C(O)C1(F)C(c2ccccc2)C1c1cnc(-c2ccc(F)cc2)s1.